The molecule has 1 saturated heterocycles. The summed E-state index contributed by atoms with van der Waals surface area (Å²) in [6.45, 7) is 6.91. The normalized spacial score (nSPS) is 32.2. The molecule has 1 aliphatic rings. The molecule has 0 radical (unpaired) electrons. The third kappa shape index (κ3) is 2.67. The summed E-state index contributed by atoms with van der Waals surface area (Å²) in [5.74, 6) is 2.16. The molecule has 0 spiro atoms. The predicted octanol–water partition coefficient (Wildman–Crippen LogP) is 2.86. The topological polar surface area (TPSA) is 12.0 Å². The van der Waals surface area contributed by atoms with E-state index in [0.29, 0.717) is 0 Å². The maximum atomic E-state index is 3.69. The van der Waals surface area contributed by atoms with Gasteiger partial charge in [-0.25, -0.2) is 0 Å². The van der Waals surface area contributed by atoms with E-state index in [2.05, 4.69) is 37.8 Å². The Kier molecular flexibility index (Phi) is 4.44. The first-order valence-electron chi connectivity index (χ1n) is 5.15. The minimum Gasteiger partial charge on any atom is -0.302 e. The molecular weight excluding hydrogens is 166 g/mol. The number of thioether (sulfide) groups is 1. The lowest BCUT2D eigenvalue weighted by atomic mass is 10.1. The van der Waals surface area contributed by atoms with Gasteiger partial charge in [-0.15, -0.1) is 11.8 Å². The maximum absolute atomic E-state index is 3.69. The lowest BCUT2D eigenvalue weighted by molar-refractivity contribution is 0.425. The van der Waals surface area contributed by atoms with Crippen LogP contribution >= 0.6 is 11.8 Å². The predicted molar refractivity (Wildman–Crippen MR) is 57.5 cm³/mol. The fourth-order valence-electron chi connectivity index (χ4n) is 1.72. The summed E-state index contributed by atoms with van der Waals surface area (Å²) >= 11 is 2.11. The van der Waals surface area contributed by atoms with Crippen molar-refractivity contribution in [3.63, 3.8) is 0 Å². The van der Waals surface area contributed by atoms with Crippen molar-refractivity contribution in [2.45, 2.75) is 51.4 Å². The van der Waals surface area contributed by atoms with Crippen LogP contribution in [0, 0.1) is 5.92 Å². The Bertz CT molecular complexity index is 127. The van der Waals surface area contributed by atoms with Gasteiger partial charge in [0.05, 0.1) is 5.37 Å². The zero-order valence-corrected chi connectivity index (χ0v) is 9.29. The van der Waals surface area contributed by atoms with Crippen LogP contribution in [0.25, 0.3) is 0 Å². The molecule has 1 nitrogen and oxygen atoms in total. The zero-order chi connectivity index (χ0) is 8.97. The largest absolute Gasteiger partial charge is 0.302 e. The van der Waals surface area contributed by atoms with E-state index in [1.165, 1.54) is 25.0 Å². The van der Waals surface area contributed by atoms with Crippen LogP contribution < -0.4 is 5.32 Å². The molecule has 0 aromatic rings. The molecule has 0 aromatic heterocycles. The molecule has 12 heavy (non-hydrogen) atoms. The fraction of sp³-hybridized carbons (Fsp3) is 1.00. The Labute approximate surface area is 80.7 Å². The van der Waals surface area contributed by atoms with E-state index in [1.54, 1.807) is 0 Å². The first kappa shape index (κ1) is 10.4. The zero-order valence-electron chi connectivity index (χ0n) is 8.47. The molecule has 72 valence electrons. The first-order valence-corrected chi connectivity index (χ1v) is 6.20. The Balaban J connectivity index is 2.25. The van der Waals surface area contributed by atoms with Crippen LogP contribution in [0.3, 0.4) is 0 Å². The van der Waals surface area contributed by atoms with Gasteiger partial charge in [-0.3, -0.25) is 0 Å². The molecule has 0 aliphatic carbocycles. The van der Waals surface area contributed by atoms with Crippen LogP contribution in [-0.4, -0.2) is 17.2 Å². The van der Waals surface area contributed by atoms with Crippen LogP contribution in [0.4, 0.5) is 0 Å². The molecule has 0 amide bonds. The third-order valence-corrected chi connectivity index (χ3v) is 4.19. The number of hydrogen-bond acceptors (Lipinski definition) is 2. The molecule has 1 fully saturated rings. The average Bonchev–Trinajstić information content (AvgIpc) is 2.52. The van der Waals surface area contributed by atoms with E-state index < -0.39 is 0 Å². The molecule has 0 saturated carbocycles. The van der Waals surface area contributed by atoms with Gasteiger partial charge < -0.3 is 5.32 Å². The summed E-state index contributed by atoms with van der Waals surface area (Å²) in [5.41, 5.74) is 0. The van der Waals surface area contributed by atoms with Crippen LogP contribution in [0.5, 0.6) is 0 Å². The number of nitrogens with one attached hydrogen (secondary N) is 1. The average molecular weight is 187 g/mol. The maximum Gasteiger partial charge on any atom is 0.0561 e. The van der Waals surface area contributed by atoms with Crippen molar-refractivity contribution in [1.29, 1.82) is 0 Å². The lowest BCUT2D eigenvalue weighted by Gasteiger charge is -2.18. The van der Waals surface area contributed by atoms with Gasteiger partial charge in [0.25, 0.3) is 0 Å². The molecule has 1 N–H and O–H groups in total. The highest BCUT2D eigenvalue weighted by molar-refractivity contribution is 8.00. The summed E-state index contributed by atoms with van der Waals surface area (Å²) in [6.07, 6.45) is 3.96. The van der Waals surface area contributed by atoms with Gasteiger partial charge in [0.1, 0.15) is 0 Å². The van der Waals surface area contributed by atoms with Crippen LogP contribution in [0.2, 0.25) is 0 Å². The van der Waals surface area contributed by atoms with Gasteiger partial charge >= 0.3 is 0 Å². The van der Waals surface area contributed by atoms with Crippen LogP contribution in [0.1, 0.15) is 40.0 Å². The Morgan fingerprint density at radius 3 is 2.75 bits per heavy atom. The molecule has 1 heterocycles. The van der Waals surface area contributed by atoms with E-state index in [4.69, 9.17) is 0 Å². The SMILES string of the molecule is CCCC(C)C1NC(CC)CS1. The van der Waals surface area contributed by atoms with Crippen molar-refractivity contribution in [2.24, 2.45) is 5.92 Å². The van der Waals surface area contributed by atoms with Crippen molar-refractivity contribution >= 4 is 11.8 Å². The highest BCUT2D eigenvalue weighted by atomic mass is 32.2. The minimum absolute atomic E-state index is 0.731. The van der Waals surface area contributed by atoms with Gasteiger partial charge in [0.15, 0.2) is 0 Å². The molecule has 2 heteroatoms. The summed E-state index contributed by atoms with van der Waals surface area (Å²) in [6, 6.07) is 0.777. The second kappa shape index (κ2) is 5.13. The van der Waals surface area contributed by atoms with Gasteiger partial charge in [0, 0.05) is 11.8 Å². The third-order valence-electron chi connectivity index (χ3n) is 2.63. The Morgan fingerprint density at radius 2 is 2.25 bits per heavy atom. The second-order valence-corrected chi connectivity index (χ2v) is 4.97. The van der Waals surface area contributed by atoms with E-state index in [0.717, 1.165) is 17.3 Å². The standard InChI is InChI=1S/C10H21NS/c1-4-6-8(3)10-11-9(5-2)7-12-10/h8-11H,4-7H2,1-3H3. The van der Waals surface area contributed by atoms with Gasteiger partial charge in [-0.1, -0.05) is 27.2 Å². The first-order chi connectivity index (χ1) is 5.77. The van der Waals surface area contributed by atoms with Crippen LogP contribution in [0.15, 0.2) is 0 Å². The van der Waals surface area contributed by atoms with Crippen molar-refractivity contribution < 1.29 is 0 Å². The molecular formula is C10H21NS. The molecule has 0 aromatic carbocycles. The van der Waals surface area contributed by atoms with Crippen molar-refractivity contribution in [2.75, 3.05) is 5.75 Å². The lowest BCUT2D eigenvalue weighted by Crippen LogP contribution is -2.33. The quantitative estimate of drug-likeness (QED) is 0.726. The summed E-state index contributed by atoms with van der Waals surface area (Å²) in [7, 11) is 0. The van der Waals surface area contributed by atoms with Gasteiger partial charge in [0.2, 0.25) is 0 Å². The fourth-order valence-corrected chi connectivity index (χ4v) is 3.24. The van der Waals surface area contributed by atoms with Crippen molar-refractivity contribution in [3.8, 4) is 0 Å². The Hall–Kier alpha value is 0.310. The Morgan fingerprint density at radius 1 is 1.50 bits per heavy atom. The molecule has 1 rings (SSSR count). The van der Waals surface area contributed by atoms with E-state index in [-0.39, 0.29) is 0 Å². The highest BCUT2D eigenvalue weighted by Gasteiger charge is 2.26. The highest BCUT2D eigenvalue weighted by Crippen LogP contribution is 2.28. The summed E-state index contributed by atoms with van der Waals surface area (Å²) in [4.78, 5) is 0. The molecule has 3 atom stereocenters. The van der Waals surface area contributed by atoms with Gasteiger partial charge in [-0.05, 0) is 18.8 Å². The van der Waals surface area contributed by atoms with E-state index in [1.807, 2.05) is 0 Å². The van der Waals surface area contributed by atoms with Gasteiger partial charge in [-0.2, -0.15) is 0 Å². The smallest absolute Gasteiger partial charge is 0.0561 e. The van der Waals surface area contributed by atoms with E-state index in [9.17, 15) is 0 Å². The monoisotopic (exact) mass is 187 g/mol. The summed E-state index contributed by atoms with van der Waals surface area (Å²) < 4.78 is 0. The van der Waals surface area contributed by atoms with Crippen LogP contribution in [-0.2, 0) is 0 Å². The van der Waals surface area contributed by atoms with E-state index >= 15 is 0 Å². The molecule has 0 bridgehead atoms. The second-order valence-electron chi connectivity index (χ2n) is 3.79. The summed E-state index contributed by atoms with van der Waals surface area (Å²) in [5, 5.41) is 4.42. The number of hydrogen-bond donors (Lipinski definition) is 1. The van der Waals surface area contributed by atoms with Crippen molar-refractivity contribution in [3.05, 3.63) is 0 Å². The van der Waals surface area contributed by atoms with Crippen molar-refractivity contribution in [1.82, 2.24) is 5.32 Å². The minimum atomic E-state index is 0.731. The molecule has 3 unspecified atom stereocenters. The number of rotatable bonds is 4. The molecule has 1 aliphatic heterocycles.